The van der Waals surface area contributed by atoms with Crippen LogP contribution >= 0.6 is 0 Å². The molecular formula is C44H58N8O5Si. The average molecular weight is 807 g/mol. The summed E-state index contributed by atoms with van der Waals surface area (Å²) in [5, 5.41) is 0. The SMILES string of the molecule is CC(C)(C)OC(=O)N1CCC[C@H]1c1nc2ccc(-c3ccc(-c4cnc(-c5cnc([C@@H]6CCCN6C(=O)OC(C)(C)C)n5COCC[Si](C)(C)C)nc4)cc3)cc2[nH]1. The summed E-state index contributed by atoms with van der Waals surface area (Å²) in [6, 6.07) is 15.2. The number of amides is 2. The first-order chi connectivity index (χ1) is 27.4. The number of imidazole rings is 2. The van der Waals surface area contributed by atoms with E-state index in [-0.39, 0.29) is 31.0 Å². The third-order valence-corrected chi connectivity index (χ3v) is 12.1. The molecule has 2 aliphatic rings. The summed E-state index contributed by atoms with van der Waals surface area (Å²) < 4.78 is 19.7. The number of fused-ring (bicyclic) bond motifs is 1. The predicted molar refractivity (Wildman–Crippen MR) is 228 cm³/mol. The number of nitrogens with one attached hydrogen (secondary N) is 1. The number of H-pyrrole nitrogens is 1. The Labute approximate surface area is 342 Å². The summed E-state index contributed by atoms with van der Waals surface area (Å²) in [6.07, 6.45) is 8.22. The van der Waals surface area contributed by atoms with Crippen LogP contribution in [0.5, 0.6) is 0 Å². The van der Waals surface area contributed by atoms with Gasteiger partial charge in [-0.15, -0.1) is 0 Å². The van der Waals surface area contributed by atoms with Gasteiger partial charge in [0, 0.05) is 45.7 Å². The van der Waals surface area contributed by atoms with Gasteiger partial charge >= 0.3 is 12.2 Å². The minimum Gasteiger partial charge on any atom is -0.444 e. The van der Waals surface area contributed by atoms with Crippen molar-refractivity contribution < 1.29 is 23.8 Å². The summed E-state index contributed by atoms with van der Waals surface area (Å²) >= 11 is 0. The van der Waals surface area contributed by atoms with Gasteiger partial charge in [-0.25, -0.2) is 29.5 Å². The lowest BCUT2D eigenvalue weighted by Crippen LogP contribution is -2.37. The van der Waals surface area contributed by atoms with Crippen molar-refractivity contribution in [1.82, 2.24) is 39.3 Å². The maximum Gasteiger partial charge on any atom is 0.410 e. The van der Waals surface area contributed by atoms with Crippen molar-refractivity contribution >= 4 is 31.3 Å². The van der Waals surface area contributed by atoms with Crippen LogP contribution in [0.25, 0.3) is 44.8 Å². The zero-order valence-electron chi connectivity index (χ0n) is 35.5. The topological polar surface area (TPSA) is 141 Å². The second kappa shape index (κ2) is 16.3. The van der Waals surface area contributed by atoms with E-state index in [0.717, 1.165) is 82.4 Å². The number of rotatable bonds is 10. The zero-order chi connectivity index (χ0) is 41.4. The van der Waals surface area contributed by atoms with Gasteiger partial charge in [0.25, 0.3) is 0 Å². The van der Waals surface area contributed by atoms with Crippen LogP contribution in [0.1, 0.15) is 91.0 Å². The molecule has 2 aromatic carbocycles. The minimum atomic E-state index is -1.29. The molecule has 13 nitrogen and oxygen atoms in total. The van der Waals surface area contributed by atoms with Crippen molar-refractivity contribution in [3.05, 3.63) is 72.7 Å². The van der Waals surface area contributed by atoms with Crippen LogP contribution in [0.15, 0.2) is 61.1 Å². The highest BCUT2D eigenvalue weighted by Crippen LogP contribution is 2.36. The number of hydrogen-bond donors (Lipinski definition) is 1. The fraction of sp³-hybridized carbons (Fsp3) is 0.500. The van der Waals surface area contributed by atoms with Crippen molar-refractivity contribution in [2.75, 3.05) is 19.7 Å². The van der Waals surface area contributed by atoms with Crippen LogP contribution in [-0.4, -0.2) is 90.4 Å². The molecule has 2 saturated heterocycles. The van der Waals surface area contributed by atoms with Gasteiger partial charge in [-0.2, -0.15) is 0 Å². The standard InChI is InChI=1S/C44H58N8O5Si/c1-43(2,3)56-41(53)50-20-10-12-35(50)39-48-33-19-18-31(24-34(33)49-39)29-14-16-30(17-15-29)32-25-45-38(46-26-32)37-27-47-40(52(37)28-55-22-23-58(7,8)9)36-13-11-21-51(36)42(54)57-44(4,5)6/h14-19,24-27,35-36H,10-13,20-23,28H2,1-9H3,(H,48,49)/t35-,36-/m0/s1. The fourth-order valence-corrected chi connectivity index (χ4v) is 8.26. The third-order valence-electron chi connectivity index (χ3n) is 10.4. The Balaban J connectivity index is 1.08. The Kier molecular flexibility index (Phi) is 11.5. The van der Waals surface area contributed by atoms with E-state index in [9.17, 15) is 9.59 Å². The number of carbonyl (C=O) groups is 2. The van der Waals surface area contributed by atoms with Crippen LogP contribution < -0.4 is 0 Å². The summed E-state index contributed by atoms with van der Waals surface area (Å²) in [6.45, 7) is 20.5. The summed E-state index contributed by atoms with van der Waals surface area (Å²) in [5.41, 5.74) is 5.37. The Hall–Kier alpha value is -5.08. The molecule has 5 heterocycles. The van der Waals surface area contributed by atoms with Gasteiger partial charge in [0.1, 0.15) is 35.3 Å². The molecule has 0 radical (unpaired) electrons. The number of ether oxygens (including phenoxy) is 3. The van der Waals surface area contributed by atoms with Crippen LogP contribution in [0.4, 0.5) is 9.59 Å². The molecular weight excluding hydrogens is 749 g/mol. The second-order valence-electron chi connectivity index (χ2n) is 18.7. The molecule has 0 saturated carbocycles. The van der Waals surface area contributed by atoms with Crippen molar-refractivity contribution in [1.29, 1.82) is 0 Å². The summed E-state index contributed by atoms with van der Waals surface area (Å²) in [4.78, 5) is 52.6. The van der Waals surface area contributed by atoms with Gasteiger partial charge < -0.3 is 19.2 Å². The van der Waals surface area contributed by atoms with Gasteiger partial charge in [-0.05, 0) is 102 Å². The normalized spacial score (nSPS) is 17.7. The monoisotopic (exact) mass is 806 g/mol. The molecule has 0 unspecified atom stereocenters. The first-order valence-corrected chi connectivity index (χ1v) is 24.2. The molecule has 58 heavy (non-hydrogen) atoms. The fourth-order valence-electron chi connectivity index (χ4n) is 7.50. The zero-order valence-corrected chi connectivity index (χ0v) is 36.5. The highest BCUT2D eigenvalue weighted by molar-refractivity contribution is 6.76. The Morgan fingerprint density at radius 1 is 0.759 bits per heavy atom. The van der Waals surface area contributed by atoms with E-state index in [2.05, 4.69) is 61.0 Å². The van der Waals surface area contributed by atoms with E-state index in [4.69, 9.17) is 34.1 Å². The lowest BCUT2D eigenvalue weighted by molar-refractivity contribution is 0.0199. The lowest BCUT2D eigenvalue weighted by atomic mass is 10.0. The number of benzene rings is 2. The summed E-state index contributed by atoms with van der Waals surface area (Å²) in [5.74, 6) is 2.07. The van der Waals surface area contributed by atoms with Gasteiger partial charge in [0.15, 0.2) is 5.82 Å². The first kappa shape index (κ1) is 41.1. The molecule has 0 bridgehead atoms. The first-order valence-electron chi connectivity index (χ1n) is 20.5. The number of aromatic nitrogens is 6. The van der Waals surface area contributed by atoms with E-state index < -0.39 is 19.3 Å². The molecule has 2 atom stereocenters. The molecule has 308 valence electrons. The molecule has 5 aromatic rings. The largest absolute Gasteiger partial charge is 0.444 e. The molecule has 1 N–H and O–H groups in total. The molecule has 2 fully saturated rings. The van der Waals surface area contributed by atoms with Crippen molar-refractivity contribution in [2.24, 2.45) is 0 Å². The van der Waals surface area contributed by atoms with Crippen LogP contribution in [0, 0.1) is 0 Å². The summed E-state index contributed by atoms with van der Waals surface area (Å²) in [7, 11) is -1.29. The molecule has 0 spiro atoms. The number of hydrogen-bond acceptors (Lipinski definition) is 9. The second-order valence-corrected chi connectivity index (χ2v) is 24.3. The van der Waals surface area contributed by atoms with Gasteiger partial charge in [0.2, 0.25) is 0 Å². The Morgan fingerprint density at radius 2 is 1.33 bits per heavy atom. The van der Waals surface area contributed by atoms with Crippen LogP contribution in [0.2, 0.25) is 25.7 Å². The maximum atomic E-state index is 13.2. The van der Waals surface area contributed by atoms with E-state index in [0.29, 0.717) is 25.5 Å². The number of likely N-dealkylation sites (tertiary alicyclic amines) is 2. The smallest absolute Gasteiger partial charge is 0.410 e. The molecule has 14 heteroatoms. The van der Waals surface area contributed by atoms with Crippen LogP contribution in [-0.2, 0) is 20.9 Å². The van der Waals surface area contributed by atoms with Crippen LogP contribution in [0.3, 0.4) is 0 Å². The van der Waals surface area contributed by atoms with E-state index in [1.165, 1.54) is 0 Å². The van der Waals surface area contributed by atoms with E-state index >= 15 is 0 Å². The number of nitrogens with zero attached hydrogens (tertiary/aromatic N) is 7. The quantitative estimate of drug-likeness (QED) is 0.108. The molecule has 0 aliphatic carbocycles. The van der Waals surface area contributed by atoms with Gasteiger partial charge in [0.05, 0.1) is 29.3 Å². The molecule has 2 aliphatic heterocycles. The highest BCUT2D eigenvalue weighted by Gasteiger charge is 2.37. The van der Waals surface area contributed by atoms with E-state index in [1.54, 1.807) is 16.0 Å². The van der Waals surface area contributed by atoms with Crippen molar-refractivity contribution in [3.8, 4) is 33.8 Å². The number of carbonyl (C=O) groups excluding carboxylic acids is 2. The Morgan fingerprint density at radius 3 is 1.93 bits per heavy atom. The molecule has 7 rings (SSSR count). The van der Waals surface area contributed by atoms with E-state index in [1.807, 2.05) is 64.6 Å². The van der Waals surface area contributed by atoms with Gasteiger partial charge in [-0.3, -0.25) is 14.4 Å². The van der Waals surface area contributed by atoms with Gasteiger partial charge in [-0.1, -0.05) is 50.0 Å². The highest BCUT2D eigenvalue weighted by atomic mass is 28.3. The average Bonchev–Trinajstić information content (AvgIpc) is 3.97. The number of aromatic amines is 1. The lowest BCUT2D eigenvalue weighted by Gasteiger charge is -2.28. The van der Waals surface area contributed by atoms with Crippen molar-refractivity contribution in [2.45, 2.75) is 123 Å². The van der Waals surface area contributed by atoms with Crippen molar-refractivity contribution in [3.63, 3.8) is 0 Å². The predicted octanol–water partition coefficient (Wildman–Crippen LogP) is 10.0. The minimum absolute atomic E-state index is 0.142. The maximum absolute atomic E-state index is 13.2. The Bertz CT molecular complexity index is 2230. The third kappa shape index (κ3) is 9.61. The molecule has 3 aromatic heterocycles. The molecule has 2 amide bonds.